The van der Waals surface area contributed by atoms with Gasteiger partial charge in [0.15, 0.2) is 5.96 Å². The van der Waals surface area contributed by atoms with Crippen molar-refractivity contribution in [1.29, 1.82) is 0 Å². The Kier molecular flexibility index (Phi) is 3.11. The highest BCUT2D eigenvalue weighted by Crippen LogP contribution is 2.44. The largest absolute Gasteiger partial charge is 0.497 e. The van der Waals surface area contributed by atoms with Crippen LogP contribution in [0.1, 0.15) is 37.8 Å². The smallest absolute Gasteiger partial charge is 0.192 e. The molecule has 3 rings (SSSR count). The summed E-state index contributed by atoms with van der Waals surface area (Å²) in [5, 5.41) is 0. The van der Waals surface area contributed by atoms with E-state index in [1.54, 1.807) is 7.11 Å². The normalized spacial score (nSPS) is 25.0. The van der Waals surface area contributed by atoms with Crippen molar-refractivity contribution < 1.29 is 4.74 Å². The van der Waals surface area contributed by atoms with Crippen LogP contribution in [0.4, 0.5) is 0 Å². The van der Waals surface area contributed by atoms with E-state index in [4.69, 9.17) is 10.5 Å². The summed E-state index contributed by atoms with van der Waals surface area (Å²) in [6, 6.07) is 6.79. The third-order valence-corrected chi connectivity index (χ3v) is 4.58. The molecule has 1 atom stereocenters. The van der Waals surface area contributed by atoms with Gasteiger partial charge in [-0.25, -0.2) is 0 Å². The van der Waals surface area contributed by atoms with Crippen molar-refractivity contribution in [3.63, 3.8) is 0 Å². The van der Waals surface area contributed by atoms with Gasteiger partial charge in [0.1, 0.15) is 5.75 Å². The number of fused-ring (bicyclic) bond motifs is 2. The monoisotopic (exact) mass is 273 g/mol. The van der Waals surface area contributed by atoms with Crippen LogP contribution in [-0.2, 0) is 12.0 Å². The van der Waals surface area contributed by atoms with Crippen molar-refractivity contribution in [2.24, 2.45) is 10.7 Å². The second kappa shape index (κ2) is 4.69. The Hall–Kier alpha value is -1.71. The number of aliphatic imine (C=N–C) groups is 1. The number of rotatable bonds is 2. The van der Waals surface area contributed by atoms with Crippen LogP contribution < -0.4 is 10.5 Å². The molecule has 0 amide bonds. The minimum atomic E-state index is -0.0435. The lowest BCUT2D eigenvalue weighted by molar-refractivity contribution is 0.140. The van der Waals surface area contributed by atoms with E-state index in [9.17, 15) is 0 Å². The van der Waals surface area contributed by atoms with Gasteiger partial charge in [-0.1, -0.05) is 6.07 Å². The number of nitrogens with two attached hydrogens (primary N) is 1. The van der Waals surface area contributed by atoms with Crippen LogP contribution in [0.15, 0.2) is 23.2 Å². The molecule has 1 aliphatic carbocycles. The number of guanidine groups is 1. The van der Waals surface area contributed by atoms with Crippen molar-refractivity contribution in [3.05, 3.63) is 29.3 Å². The summed E-state index contributed by atoms with van der Waals surface area (Å²) in [5.74, 6) is 1.62. The summed E-state index contributed by atoms with van der Waals surface area (Å²) in [7, 11) is 1.72. The summed E-state index contributed by atoms with van der Waals surface area (Å²) >= 11 is 0. The maximum absolute atomic E-state index is 6.15. The number of methoxy groups -OCH3 is 1. The Morgan fingerprint density at radius 2 is 2.20 bits per heavy atom. The highest BCUT2D eigenvalue weighted by Gasteiger charge is 2.47. The minimum absolute atomic E-state index is 0.0435. The van der Waals surface area contributed by atoms with Crippen molar-refractivity contribution in [3.8, 4) is 5.75 Å². The van der Waals surface area contributed by atoms with Gasteiger partial charge in [0.05, 0.1) is 19.2 Å². The molecule has 1 aromatic rings. The van der Waals surface area contributed by atoms with Crippen LogP contribution in [0.2, 0.25) is 0 Å². The van der Waals surface area contributed by atoms with E-state index in [1.165, 1.54) is 17.5 Å². The molecule has 0 saturated heterocycles. The van der Waals surface area contributed by atoms with Gasteiger partial charge in [0.2, 0.25) is 0 Å². The average molecular weight is 273 g/mol. The number of aryl methyl sites for hydroxylation is 1. The third-order valence-electron chi connectivity index (χ3n) is 4.58. The maximum Gasteiger partial charge on any atom is 0.192 e. The van der Waals surface area contributed by atoms with Crippen LogP contribution in [-0.4, -0.2) is 30.6 Å². The van der Waals surface area contributed by atoms with Crippen LogP contribution in [0.25, 0.3) is 0 Å². The molecule has 1 aromatic carbocycles. The summed E-state index contributed by atoms with van der Waals surface area (Å²) in [5.41, 5.74) is 8.86. The zero-order chi connectivity index (χ0) is 14.3. The third kappa shape index (κ3) is 1.78. The molecular formula is C16H23N3O. The van der Waals surface area contributed by atoms with E-state index >= 15 is 0 Å². The van der Waals surface area contributed by atoms with E-state index in [1.807, 2.05) is 0 Å². The van der Waals surface area contributed by atoms with Gasteiger partial charge in [0.25, 0.3) is 0 Å². The molecule has 0 radical (unpaired) electrons. The molecule has 1 aliphatic heterocycles. The zero-order valence-electron chi connectivity index (χ0n) is 12.5. The SMILES string of the molecule is COc1ccc2c(c1)CCCC21CN=C(N)N1C(C)C. The highest BCUT2D eigenvalue weighted by molar-refractivity contribution is 5.82. The van der Waals surface area contributed by atoms with Gasteiger partial charge in [-0.2, -0.15) is 0 Å². The summed E-state index contributed by atoms with van der Waals surface area (Å²) in [4.78, 5) is 6.85. The number of nitrogens with zero attached hydrogens (tertiary/aromatic N) is 2. The van der Waals surface area contributed by atoms with Crippen LogP contribution in [0.5, 0.6) is 5.75 Å². The molecule has 0 bridgehead atoms. The molecule has 2 N–H and O–H groups in total. The van der Waals surface area contributed by atoms with Crippen LogP contribution in [0, 0.1) is 0 Å². The van der Waals surface area contributed by atoms with Crippen LogP contribution >= 0.6 is 0 Å². The minimum Gasteiger partial charge on any atom is -0.497 e. The quantitative estimate of drug-likeness (QED) is 0.899. The summed E-state index contributed by atoms with van der Waals surface area (Å²) < 4.78 is 5.36. The van der Waals surface area contributed by atoms with Crippen molar-refractivity contribution in [2.75, 3.05) is 13.7 Å². The Balaban J connectivity index is 2.09. The Bertz CT molecular complexity index is 553. The Labute approximate surface area is 120 Å². The van der Waals surface area contributed by atoms with E-state index < -0.39 is 0 Å². The number of hydrogen-bond donors (Lipinski definition) is 1. The number of ether oxygens (including phenoxy) is 1. The van der Waals surface area contributed by atoms with Gasteiger partial charge in [-0.05, 0) is 56.4 Å². The average Bonchev–Trinajstić information content (AvgIpc) is 2.76. The number of hydrogen-bond acceptors (Lipinski definition) is 4. The molecule has 4 heteroatoms. The summed E-state index contributed by atoms with van der Waals surface area (Å²) in [6.45, 7) is 5.15. The first-order chi connectivity index (χ1) is 9.58. The standard InChI is InChI=1S/C16H23N3O/c1-11(2)19-15(17)18-10-16(19)8-4-5-12-9-13(20-3)6-7-14(12)16/h6-7,9,11H,4-5,8,10H2,1-3H3,(H2,17,18). The second-order valence-electron chi connectivity index (χ2n) is 6.05. The van der Waals surface area contributed by atoms with Crippen molar-refractivity contribution in [1.82, 2.24) is 4.90 Å². The molecule has 2 aliphatic rings. The summed E-state index contributed by atoms with van der Waals surface area (Å²) in [6.07, 6.45) is 3.40. The fraction of sp³-hybridized carbons (Fsp3) is 0.562. The van der Waals surface area contributed by atoms with Crippen LogP contribution in [0.3, 0.4) is 0 Å². The van der Waals surface area contributed by atoms with Crippen molar-refractivity contribution in [2.45, 2.75) is 44.7 Å². The predicted molar refractivity (Wildman–Crippen MR) is 81.1 cm³/mol. The molecule has 0 fully saturated rings. The molecule has 4 nitrogen and oxygen atoms in total. The lowest BCUT2D eigenvalue weighted by atomic mass is 9.75. The van der Waals surface area contributed by atoms with E-state index in [2.05, 4.69) is 41.9 Å². The highest BCUT2D eigenvalue weighted by atomic mass is 16.5. The first-order valence-corrected chi connectivity index (χ1v) is 7.35. The van der Waals surface area contributed by atoms with Gasteiger partial charge in [0, 0.05) is 6.04 Å². The Morgan fingerprint density at radius 1 is 1.40 bits per heavy atom. The molecule has 1 heterocycles. The van der Waals surface area contributed by atoms with Gasteiger partial charge in [-0.15, -0.1) is 0 Å². The first kappa shape index (κ1) is 13.3. The van der Waals surface area contributed by atoms with E-state index in [0.717, 1.165) is 25.1 Å². The van der Waals surface area contributed by atoms with Crippen molar-refractivity contribution >= 4 is 5.96 Å². The maximum atomic E-state index is 6.15. The topological polar surface area (TPSA) is 50.9 Å². The molecular weight excluding hydrogens is 250 g/mol. The zero-order valence-corrected chi connectivity index (χ0v) is 12.5. The second-order valence-corrected chi connectivity index (χ2v) is 6.05. The van der Waals surface area contributed by atoms with Gasteiger partial charge >= 0.3 is 0 Å². The first-order valence-electron chi connectivity index (χ1n) is 7.35. The molecule has 1 spiro atoms. The fourth-order valence-corrected chi connectivity index (χ4v) is 3.82. The lowest BCUT2D eigenvalue weighted by Gasteiger charge is -2.45. The Morgan fingerprint density at radius 3 is 2.90 bits per heavy atom. The molecule has 0 aromatic heterocycles. The number of benzene rings is 1. The fourth-order valence-electron chi connectivity index (χ4n) is 3.82. The molecule has 20 heavy (non-hydrogen) atoms. The molecule has 108 valence electrons. The van der Waals surface area contributed by atoms with E-state index in [-0.39, 0.29) is 5.54 Å². The van der Waals surface area contributed by atoms with Gasteiger partial charge < -0.3 is 15.4 Å². The lowest BCUT2D eigenvalue weighted by Crippen LogP contribution is -2.54. The molecule has 1 unspecified atom stereocenters. The van der Waals surface area contributed by atoms with Gasteiger partial charge in [-0.3, -0.25) is 4.99 Å². The van der Waals surface area contributed by atoms with E-state index in [0.29, 0.717) is 12.0 Å². The molecule has 0 saturated carbocycles. The predicted octanol–water partition coefficient (Wildman–Crippen LogP) is 2.27.